The molecule has 7 nitrogen and oxygen atoms in total. The molecule has 9 heteroatoms. The number of carbonyl (C=O) groups excluding carboxylic acids is 1. The minimum absolute atomic E-state index is 0.0913. The van der Waals surface area contributed by atoms with Crippen LogP contribution >= 0.6 is 23.6 Å². The third-order valence-electron chi connectivity index (χ3n) is 3.56. The van der Waals surface area contributed by atoms with Crippen molar-refractivity contribution < 1.29 is 4.79 Å². The summed E-state index contributed by atoms with van der Waals surface area (Å²) in [4.78, 5) is 12.4. The molecule has 0 atom stereocenters. The Morgan fingerprint density at radius 3 is 2.64 bits per heavy atom. The normalized spacial score (nSPS) is 11.0. The van der Waals surface area contributed by atoms with Crippen LogP contribution in [0.5, 0.6) is 0 Å². The van der Waals surface area contributed by atoms with Crippen molar-refractivity contribution in [2.24, 2.45) is 5.92 Å². The first-order valence-electron chi connectivity index (χ1n) is 7.81. The van der Waals surface area contributed by atoms with E-state index in [1.54, 1.807) is 4.52 Å². The van der Waals surface area contributed by atoms with Gasteiger partial charge in [-0.15, -0.1) is 10.2 Å². The van der Waals surface area contributed by atoms with Gasteiger partial charge in [-0.1, -0.05) is 49.4 Å². The van der Waals surface area contributed by atoms with Crippen LogP contribution in [0.4, 0.5) is 0 Å². The fourth-order valence-electron chi connectivity index (χ4n) is 2.08. The van der Waals surface area contributed by atoms with Crippen LogP contribution in [0, 0.1) is 12.8 Å². The van der Waals surface area contributed by atoms with Gasteiger partial charge in [0.15, 0.2) is 10.9 Å². The number of nitrogens with zero attached hydrogens (tertiary/aromatic N) is 4. The third kappa shape index (κ3) is 3.99. The van der Waals surface area contributed by atoms with E-state index in [0.717, 1.165) is 26.9 Å². The number of aryl methyl sites for hydroxylation is 1. The van der Waals surface area contributed by atoms with Gasteiger partial charge in [-0.05, 0) is 24.7 Å². The molecule has 1 amide bonds. The van der Waals surface area contributed by atoms with E-state index in [4.69, 9.17) is 12.2 Å². The standard InChI is InChI=1S/C16H18N6OS2/c1-9(2)13(23)18-15(24)17-8-11-4-6-12(7-5-11)14-21-22-10(3)19-20-16(22)25-14/h4-7,9H,8H2,1-3H3,(H2,17,18,23,24). The molecular formula is C16H18N6OS2. The van der Waals surface area contributed by atoms with Crippen LogP contribution < -0.4 is 10.6 Å². The molecule has 2 heterocycles. The van der Waals surface area contributed by atoms with Crippen molar-refractivity contribution >= 4 is 39.5 Å². The smallest absolute Gasteiger partial charge is 0.234 e. The summed E-state index contributed by atoms with van der Waals surface area (Å²) in [5.41, 5.74) is 2.08. The molecule has 0 unspecified atom stereocenters. The van der Waals surface area contributed by atoms with Gasteiger partial charge in [-0.25, -0.2) is 0 Å². The monoisotopic (exact) mass is 374 g/mol. The van der Waals surface area contributed by atoms with Crippen LogP contribution in [0.2, 0.25) is 0 Å². The van der Waals surface area contributed by atoms with Crippen LogP contribution in [0.1, 0.15) is 25.2 Å². The van der Waals surface area contributed by atoms with Gasteiger partial charge in [0.25, 0.3) is 0 Å². The van der Waals surface area contributed by atoms with Gasteiger partial charge >= 0.3 is 0 Å². The summed E-state index contributed by atoms with van der Waals surface area (Å²) in [7, 11) is 0. The molecular weight excluding hydrogens is 356 g/mol. The molecule has 0 saturated heterocycles. The quantitative estimate of drug-likeness (QED) is 0.682. The van der Waals surface area contributed by atoms with Crippen molar-refractivity contribution in [2.75, 3.05) is 0 Å². The van der Waals surface area contributed by atoms with Crippen LogP contribution in [0.3, 0.4) is 0 Å². The number of fused-ring (bicyclic) bond motifs is 1. The molecule has 130 valence electrons. The second kappa shape index (κ2) is 7.24. The number of aromatic nitrogens is 4. The van der Waals surface area contributed by atoms with Gasteiger partial charge in [-0.3, -0.25) is 4.79 Å². The van der Waals surface area contributed by atoms with E-state index in [9.17, 15) is 4.79 Å². The second-order valence-corrected chi connectivity index (χ2v) is 7.24. The van der Waals surface area contributed by atoms with Gasteiger partial charge < -0.3 is 10.6 Å². The highest BCUT2D eigenvalue weighted by atomic mass is 32.1. The molecule has 2 N–H and O–H groups in total. The number of carbonyl (C=O) groups is 1. The van der Waals surface area contributed by atoms with Crippen molar-refractivity contribution in [3.8, 4) is 10.6 Å². The molecule has 3 aromatic rings. The van der Waals surface area contributed by atoms with E-state index in [2.05, 4.69) is 25.9 Å². The molecule has 0 spiro atoms. The molecule has 0 aliphatic rings. The zero-order chi connectivity index (χ0) is 18.0. The summed E-state index contributed by atoms with van der Waals surface area (Å²) >= 11 is 6.62. The van der Waals surface area contributed by atoms with Gasteiger partial charge in [-0.2, -0.15) is 9.61 Å². The van der Waals surface area contributed by atoms with Crippen LogP contribution in [-0.2, 0) is 11.3 Å². The maximum atomic E-state index is 11.6. The number of benzene rings is 1. The van der Waals surface area contributed by atoms with E-state index in [1.807, 2.05) is 45.0 Å². The van der Waals surface area contributed by atoms with E-state index in [0.29, 0.717) is 11.7 Å². The number of thiocarbonyl (C=S) groups is 1. The van der Waals surface area contributed by atoms with Crippen LogP contribution in [0.15, 0.2) is 24.3 Å². The first-order chi connectivity index (χ1) is 11.9. The fraction of sp³-hybridized carbons (Fsp3) is 0.312. The summed E-state index contributed by atoms with van der Waals surface area (Å²) in [6.07, 6.45) is 0. The molecule has 2 aromatic heterocycles. The predicted octanol–water partition coefficient (Wildman–Crippen LogP) is 2.31. The van der Waals surface area contributed by atoms with Crippen molar-refractivity contribution in [3.63, 3.8) is 0 Å². The number of amides is 1. The minimum Gasteiger partial charge on any atom is -0.358 e. The predicted molar refractivity (Wildman–Crippen MR) is 101 cm³/mol. The lowest BCUT2D eigenvalue weighted by atomic mass is 10.1. The lowest BCUT2D eigenvalue weighted by Crippen LogP contribution is -2.40. The molecule has 25 heavy (non-hydrogen) atoms. The summed E-state index contributed by atoms with van der Waals surface area (Å²) in [6, 6.07) is 8.02. The Bertz CT molecular complexity index is 913. The molecule has 1 aromatic carbocycles. The van der Waals surface area contributed by atoms with Gasteiger partial charge in [0.1, 0.15) is 5.01 Å². The van der Waals surface area contributed by atoms with Crippen LogP contribution in [0.25, 0.3) is 15.5 Å². The fourth-order valence-corrected chi connectivity index (χ4v) is 3.14. The first-order valence-corrected chi connectivity index (χ1v) is 9.03. The van der Waals surface area contributed by atoms with Gasteiger partial charge in [0.05, 0.1) is 0 Å². The Kier molecular flexibility index (Phi) is 5.05. The van der Waals surface area contributed by atoms with Crippen molar-refractivity contribution in [2.45, 2.75) is 27.3 Å². The molecule has 0 fully saturated rings. The first kappa shape index (κ1) is 17.4. The molecule has 0 radical (unpaired) electrons. The summed E-state index contributed by atoms with van der Waals surface area (Å²) < 4.78 is 1.74. The zero-order valence-corrected chi connectivity index (χ0v) is 15.7. The zero-order valence-electron chi connectivity index (χ0n) is 14.1. The number of rotatable bonds is 4. The second-order valence-electron chi connectivity index (χ2n) is 5.87. The van der Waals surface area contributed by atoms with E-state index >= 15 is 0 Å². The summed E-state index contributed by atoms with van der Waals surface area (Å²) in [6.45, 7) is 6.06. The number of nitrogens with one attached hydrogen (secondary N) is 2. The molecule has 0 saturated carbocycles. The Balaban J connectivity index is 1.62. The Morgan fingerprint density at radius 1 is 1.28 bits per heavy atom. The lowest BCUT2D eigenvalue weighted by Gasteiger charge is -2.11. The molecule has 0 bridgehead atoms. The number of hydrogen-bond acceptors (Lipinski definition) is 6. The largest absolute Gasteiger partial charge is 0.358 e. The molecule has 3 rings (SSSR count). The highest BCUT2D eigenvalue weighted by Crippen LogP contribution is 2.25. The number of hydrogen-bond donors (Lipinski definition) is 2. The molecule has 0 aliphatic carbocycles. The Labute approximate surface area is 154 Å². The van der Waals surface area contributed by atoms with Gasteiger partial charge in [0.2, 0.25) is 10.9 Å². The van der Waals surface area contributed by atoms with Gasteiger partial charge in [0, 0.05) is 18.0 Å². The topological polar surface area (TPSA) is 84.2 Å². The highest BCUT2D eigenvalue weighted by Gasteiger charge is 2.11. The summed E-state index contributed by atoms with van der Waals surface area (Å²) in [5.74, 6) is 0.582. The van der Waals surface area contributed by atoms with E-state index in [-0.39, 0.29) is 11.8 Å². The Morgan fingerprint density at radius 2 is 2.00 bits per heavy atom. The lowest BCUT2D eigenvalue weighted by molar-refractivity contribution is -0.122. The SMILES string of the molecule is Cc1nnc2sc(-c3ccc(CNC(=S)NC(=O)C(C)C)cc3)nn12. The Hall–Kier alpha value is -2.39. The molecule has 0 aliphatic heterocycles. The van der Waals surface area contributed by atoms with E-state index in [1.165, 1.54) is 11.3 Å². The van der Waals surface area contributed by atoms with E-state index < -0.39 is 0 Å². The van der Waals surface area contributed by atoms with Crippen molar-refractivity contribution in [1.82, 2.24) is 30.4 Å². The average Bonchev–Trinajstić information content (AvgIpc) is 3.16. The third-order valence-corrected chi connectivity index (χ3v) is 4.76. The van der Waals surface area contributed by atoms with Crippen molar-refractivity contribution in [1.29, 1.82) is 0 Å². The van der Waals surface area contributed by atoms with Crippen molar-refractivity contribution in [3.05, 3.63) is 35.7 Å². The summed E-state index contributed by atoms with van der Waals surface area (Å²) in [5, 5.41) is 19.5. The average molecular weight is 374 g/mol. The minimum atomic E-state index is -0.0998. The maximum Gasteiger partial charge on any atom is 0.234 e. The highest BCUT2D eigenvalue weighted by molar-refractivity contribution is 7.80. The van der Waals surface area contributed by atoms with Crippen LogP contribution in [-0.4, -0.2) is 30.8 Å². The maximum absolute atomic E-state index is 11.6.